The van der Waals surface area contributed by atoms with Crippen molar-refractivity contribution in [1.82, 2.24) is 0 Å². The Labute approximate surface area is 129 Å². The number of carboxylic acid groups (broad SMARTS) is 1. The van der Waals surface area contributed by atoms with Crippen LogP contribution in [0.5, 0.6) is 0 Å². The summed E-state index contributed by atoms with van der Waals surface area (Å²) in [6.07, 6.45) is -1.67. The number of carbonyl (C=O) groups is 1. The molecule has 1 aliphatic rings. The van der Waals surface area contributed by atoms with Gasteiger partial charge in [0, 0.05) is 5.56 Å². The maximum atomic E-state index is 11.6. The van der Waals surface area contributed by atoms with Crippen molar-refractivity contribution in [3.05, 3.63) is 71.3 Å². The lowest BCUT2D eigenvalue weighted by atomic mass is 10.00. The maximum Gasteiger partial charge on any atom is 0.336 e. The summed E-state index contributed by atoms with van der Waals surface area (Å²) >= 11 is 0. The van der Waals surface area contributed by atoms with Gasteiger partial charge in [0.25, 0.3) is 0 Å². The first-order chi connectivity index (χ1) is 10.5. The molecule has 1 N–H and O–H groups in total. The molecule has 0 bridgehead atoms. The van der Waals surface area contributed by atoms with Crippen molar-refractivity contribution in [2.75, 3.05) is 0 Å². The van der Waals surface area contributed by atoms with Crippen LogP contribution in [0.4, 0.5) is 0 Å². The molecular weight excluding hydrogens is 280 g/mol. The molecule has 1 unspecified atom stereocenters. The first-order valence-corrected chi connectivity index (χ1v) is 7.21. The zero-order valence-electron chi connectivity index (χ0n) is 12.5. The fourth-order valence-corrected chi connectivity index (χ4v) is 2.83. The highest BCUT2D eigenvalue weighted by molar-refractivity contribution is 5.74. The van der Waals surface area contributed by atoms with E-state index >= 15 is 0 Å². The van der Waals surface area contributed by atoms with Gasteiger partial charge in [-0.05, 0) is 25.0 Å². The van der Waals surface area contributed by atoms with Gasteiger partial charge in [0.05, 0.1) is 0 Å². The van der Waals surface area contributed by atoms with Gasteiger partial charge in [-0.3, -0.25) is 0 Å². The number of ether oxygens (including phenoxy) is 2. The van der Waals surface area contributed by atoms with Crippen LogP contribution in [-0.2, 0) is 20.1 Å². The first-order valence-electron chi connectivity index (χ1n) is 7.21. The number of hydrogen-bond donors (Lipinski definition) is 1. The smallest absolute Gasteiger partial charge is 0.336 e. The minimum atomic E-state index is -1.07. The Morgan fingerprint density at radius 2 is 1.68 bits per heavy atom. The predicted octanol–water partition coefficient (Wildman–Crippen LogP) is 3.41. The van der Waals surface area contributed by atoms with Gasteiger partial charge in [0.2, 0.25) is 0 Å². The second kappa shape index (κ2) is 5.55. The van der Waals surface area contributed by atoms with Gasteiger partial charge < -0.3 is 14.6 Å². The number of carboxylic acids is 1. The standard InChI is InChI=1S/C18H18O4/c1-12-8-6-7-11-14(12)15-16(17(19)20)22-18(2,21-15)13-9-4-3-5-10-13/h3-11,15-16H,1-2H3,(H,19,20)/t15-,16+,18?/m1/s1. The van der Waals surface area contributed by atoms with E-state index in [4.69, 9.17) is 9.47 Å². The topological polar surface area (TPSA) is 55.8 Å². The minimum absolute atomic E-state index is 0.635. The van der Waals surface area contributed by atoms with Crippen molar-refractivity contribution in [2.24, 2.45) is 0 Å². The minimum Gasteiger partial charge on any atom is -0.479 e. The van der Waals surface area contributed by atoms with Crippen LogP contribution < -0.4 is 0 Å². The normalized spacial score (nSPS) is 27.7. The largest absolute Gasteiger partial charge is 0.479 e. The molecule has 1 heterocycles. The van der Waals surface area contributed by atoms with Gasteiger partial charge in [-0.2, -0.15) is 0 Å². The van der Waals surface area contributed by atoms with E-state index in [1.165, 1.54) is 0 Å². The molecule has 0 spiro atoms. The van der Waals surface area contributed by atoms with E-state index in [0.29, 0.717) is 0 Å². The summed E-state index contributed by atoms with van der Waals surface area (Å²) in [4.78, 5) is 11.6. The van der Waals surface area contributed by atoms with Crippen molar-refractivity contribution in [3.63, 3.8) is 0 Å². The maximum absolute atomic E-state index is 11.6. The van der Waals surface area contributed by atoms with E-state index in [9.17, 15) is 9.90 Å². The zero-order valence-corrected chi connectivity index (χ0v) is 12.5. The average molecular weight is 298 g/mol. The predicted molar refractivity (Wildman–Crippen MR) is 81.3 cm³/mol. The summed E-state index contributed by atoms with van der Waals surface area (Å²) in [7, 11) is 0. The molecule has 4 nitrogen and oxygen atoms in total. The Bertz CT molecular complexity index is 682. The SMILES string of the molecule is Cc1ccccc1[C@H]1OC(C)(c2ccccc2)O[C@@H]1C(=O)O. The molecule has 22 heavy (non-hydrogen) atoms. The van der Waals surface area contributed by atoms with Gasteiger partial charge >= 0.3 is 5.97 Å². The Balaban J connectivity index is 2.01. The molecule has 0 radical (unpaired) electrons. The molecule has 1 aliphatic heterocycles. The van der Waals surface area contributed by atoms with Gasteiger partial charge in [-0.15, -0.1) is 0 Å². The first kappa shape index (κ1) is 14.8. The average Bonchev–Trinajstić information content (AvgIpc) is 2.88. The Morgan fingerprint density at radius 3 is 2.32 bits per heavy atom. The molecule has 0 saturated carbocycles. The second-order valence-electron chi connectivity index (χ2n) is 5.58. The summed E-state index contributed by atoms with van der Waals surface area (Å²) in [6.45, 7) is 3.70. The third kappa shape index (κ3) is 2.51. The van der Waals surface area contributed by atoms with Crippen LogP contribution in [0.15, 0.2) is 54.6 Å². The van der Waals surface area contributed by atoms with E-state index < -0.39 is 24.0 Å². The second-order valence-corrected chi connectivity index (χ2v) is 5.58. The van der Waals surface area contributed by atoms with E-state index in [-0.39, 0.29) is 0 Å². The van der Waals surface area contributed by atoms with E-state index in [2.05, 4.69) is 0 Å². The molecule has 0 amide bonds. The summed E-state index contributed by atoms with van der Waals surface area (Å²) in [5.41, 5.74) is 2.63. The lowest BCUT2D eigenvalue weighted by molar-refractivity contribution is -0.179. The van der Waals surface area contributed by atoms with Crippen molar-refractivity contribution in [2.45, 2.75) is 31.8 Å². The van der Waals surface area contributed by atoms with Crippen molar-refractivity contribution < 1.29 is 19.4 Å². The van der Waals surface area contributed by atoms with Gasteiger partial charge in [0.1, 0.15) is 6.10 Å². The van der Waals surface area contributed by atoms with Crippen molar-refractivity contribution in [3.8, 4) is 0 Å². The lowest BCUT2D eigenvalue weighted by Crippen LogP contribution is -2.28. The Hall–Kier alpha value is -2.17. The number of benzene rings is 2. The molecule has 4 heteroatoms. The van der Waals surface area contributed by atoms with E-state index in [1.54, 1.807) is 6.92 Å². The molecular formula is C18H18O4. The van der Waals surface area contributed by atoms with Gasteiger partial charge in [-0.1, -0.05) is 54.6 Å². The van der Waals surface area contributed by atoms with Crippen LogP contribution in [-0.4, -0.2) is 17.2 Å². The molecule has 114 valence electrons. The summed E-state index contributed by atoms with van der Waals surface area (Å²) in [5, 5.41) is 9.51. The number of aliphatic carboxylic acids is 1. The van der Waals surface area contributed by atoms with E-state index in [1.807, 2.05) is 61.5 Å². The monoisotopic (exact) mass is 298 g/mol. The highest BCUT2D eigenvalue weighted by atomic mass is 16.8. The van der Waals surface area contributed by atoms with Crippen LogP contribution in [0.2, 0.25) is 0 Å². The quantitative estimate of drug-likeness (QED) is 0.943. The number of rotatable bonds is 3. The Morgan fingerprint density at radius 1 is 1.05 bits per heavy atom. The third-order valence-corrected chi connectivity index (χ3v) is 4.02. The highest BCUT2D eigenvalue weighted by Gasteiger charge is 2.49. The van der Waals surface area contributed by atoms with Crippen LogP contribution in [0.25, 0.3) is 0 Å². The summed E-state index contributed by atoms with van der Waals surface area (Å²) < 4.78 is 11.9. The van der Waals surface area contributed by atoms with E-state index in [0.717, 1.165) is 16.7 Å². The fraction of sp³-hybridized carbons (Fsp3) is 0.278. The van der Waals surface area contributed by atoms with Crippen LogP contribution in [0.1, 0.15) is 29.7 Å². The molecule has 2 aromatic rings. The Kier molecular flexibility index (Phi) is 3.72. The van der Waals surface area contributed by atoms with Crippen LogP contribution in [0, 0.1) is 6.92 Å². The molecule has 3 atom stereocenters. The summed E-state index contributed by atoms with van der Waals surface area (Å²) in [5.74, 6) is -2.09. The molecule has 0 aromatic heterocycles. The number of aryl methyl sites for hydroxylation is 1. The molecule has 1 saturated heterocycles. The molecule has 0 aliphatic carbocycles. The van der Waals surface area contributed by atoms with Gasteiger partial charge in [-0.25, -0.2) is 4.79 Å². The molecule has 2 aromatic carbocycles. The zero-order chi connectivity index (χ0) is 15.7. The van der Waals surface area contributed by atoms with Crippen LogP contribution in [0.3, 0.4) is 0 Å². The third-order valence-electron chi connectivity index (χ3n) is 4.02. The number of hydrogen-bond acceptors (Lipinski definition) is 3. The lowest BCUT2D eigenvalue weighted by Gasteiger charge is -2.23. The molecule has 3 rings (SSSR count). The van der Waals surface area contributed by atoms with Crippen LogP contribution >= 0.6 is 0 Å². The summed E-state index contributed by atoms with van der Waals surface area (Å²) in [6, 6.07) is 17.0. The highest BCUT2D eigenvalue weighted by Crippen LogP contribution is 2.44. The van der Waals surface area contributed by atoms with Gasteiger partial charge in [0.15, 0.2) is 11.9 Å². The van der Waals surface area contributed by atoms with Crippen molar-refractivity contribution in [1.29, 1.82) is 0 Å². The fourth-order valence-electron chi connectivity index (χ4n) is 2.83. The molecule has 1 fully saturated rings. The van der Waals surface area contributed by atoms with Crippen molar-refractivity contribution >= 4 is 5.97 Å².